The van der Waals surface area contributed by atoms with E-state index in [-0.39, 0.29) is 5.54 Å². The Kier molecular flexibility index (Phi) is 4.12. The SMILES string of the molecule is CN(C)C1(C(O)c2ccc(C(F)(F)F)cc2)CCCC1. The molecule has 1 saturated carbocycles. The van der Waals surface area contributed by atoms with Crippen LogP contribution in [0.1, 0.15) is 42.9 Å². The van der Waals surface area contributed by atoms with Crippen molar-refractivity contribution in [2.24, 2.45) is 0 Å². The van der Waals surface area contributed by atoms with Gasteiger partial charge in [-0.05, 0) is 44.6 Å². The minimum absolute atomic E-state index is 0.361. The zero-order valence-corrected chi connectivity index (χ0v) is 11.7. The Balaban J connectivity index is 2.26. The topological polar surface area (TPSA) is 23.5 Å². The molecule has 1 atom stereocenters. The zero-order valence-electron chi connectivity index (χ0n) is 11.7. The molecule has 0 radical (unpaired) electrons. The van der Waals surface area contributed by atoms with Gasteiger partial charge in [0.2, 0.25) is 0 Å². The number of alkyl halides is 3. The van der Waals surface area contributed by atoms with Crippen molar-refractivity contribution in [3.05, 3.63) is 35.4 Å². The summed E-state index contributed by atoms with van der Waals surface area (Å²) in [5.74, 6) is 0. The molecule has 1 aromatic rings. The Morgan fingerprint density at radius 3 is 2.00 bits per heavy atom. The molecule has 2 rings (SSSR count). The molecule has 1 N–H and O–H groups in total. The Hall–Kier alpha value is -1.07. The summed E-state index contributed by atoms with van der Waals surface area (Å²) >= 11 is 0. The lowest BCUT2D eigenvalue weighted by Gasteiger charge is -2.40. The lowest BCUT2D eigenvalue weighted by Crippen LogP contribution is -2.47. The molecule has 1 aliphatic carbocycles. The van der Waals surface area contributed by atoms with E-state index in [1.807, 2.05) is 19.0 Å². The minimum atomic E-state index is -4.34. The number of benzene rings is 1. The molecular formula is C15H20F3NO. The van der Waals surface area contributed by atoms with Gasteiger partial charge in [0.15, 0.2) is 0 Å². The first-order chi connectivity index (χ1) is 9.27. The van der Waals surface area contributed by atoms with Crippen LogP contribution < -0.4 is 0 Å². The molecule has 112 valence electrons. The van der Waals surface area contributed by atoms with Crippen LogP contribution in [0.4, 0.5) is 13.2 Å². The average Bonchev–Trinajstić information content (AvgIpc) is 2.87. The fourth-order valence-corrected chi connectivity index (χ4v) is 3.12. The van der Waals surface area contributed by atoms with Crippen LogP contribution >= 0.6 is 0 Å². The van der Waals surface area contributed by atoms with E-state index in [0.717, 1.165) is 37.8 Å². The predicted octanol–water partition coefficient (Wildman–Crippen LogP) is 3.61. The van der Waals surface area contributed by atoms with Crippen molar-refractivity contribution in [1.29, 1.82) is 0 Å². The highest BCUT2D eigenvalue weighted by atomic mass is 19.4. The highest BCUT2D eigenvalue weighted by Gasteiger charge is 2.43. The predicted molar refractivity (Wildman–Crippen MR) is 71.3 cm³/mol. The summed E-state index contributed by atoms with van der Waals surface area (Å²) in [6.07, 6.45) is -1.30. The number of halogens is 3. The van der Waals surface area contributed by atoms with Crippen LogP contribution in [0.5, 0.6) is 0 Å². The third-order valence-electron chi connectivity index (χ3n) is 4.42. The highest BCUT2D eigenvalue weighted by molar-refractivity contribution is 5.28. The summed E-state index contributed by atoms with van der Waals surface area (Å²) < 4.78 is 37.7. The van der Waals surface area contributed by atoms with Crippen LogP contribution in [-0.2, 0) is 6.18 Å². The molecule has 5 heteroatoms. The summed E-state index contributed by atoms with van der Waals surface area (Å²) in [4.78, 5) is 2.00. The number of hydrogen-bond donors (Lipinski definition) is 1. The van der Waals surface area contributed by atoms with Gasteiger partial charge >= 0.3 is 6.18 Å². The quantitative estimate of drug-likeness (QED) is 0.918. The fourth-order valence-electron chi connectivity index (χ4n) is 3.12. The van der Waals surface area contributed by atoms with Gasteiger partial charge in [0, 0.05) is 0 Å². The number of hydrogen-bond acceptors (Lipinski definition) is 2. The van der Waals surface area contributed by atoms with Gasteiger partial charge in [-0.2, -0.15) is 13.2 Å². The first-order valence-electron chi connectivity index (χ1n) is 6.80. The van der Waals surface area contributed by atoms with E-state index in [1.165, 1.54) is 12.1 Å². The van der Waals surface area contributed by atoms with Crippen LogP contribution in [0.3, 0.4) is 0 Å². The van der Waals surface area contributed by atoms with E-state index < -0.39 is 17.8 Å². The van der Waals surface area contributed by atoms with E-state index in [0.29, 0.717) is 5.56 Å². The number of nitrogens with zero attached hydrogens (tertiary/aromatic N) is 1. The van der Waals surface area contributed by atoms with E-state index in [9.17, 15) is 18.3 Å². The standard InChI is InChI=1S/C15H20F3NO/c1-19(2)14(9-3-4-10-14)13(20)11-5-7-12(8-6-11)15(16,17)18/h5-8,13,20H,3-4,9-10H2,1-2H3. The molecule has 1 aromatic carbocycles. The maximum atomic E-state index is 12.6. The van der Waals surface area contributed by atoms with E-state index >= 15 is 0 Å². The van der Waals surface area contributed by atoms with Gasteiger partial charge in [-0.1, -0.05) is 25.0 Å². The van der Waals surface area contributed by atoms with Crippen molar-refractivity contribution in [3.63, 3.8) is 0 Å². The maximum Gasteiger partial charge on any atom is 0.416 e. The molecular weight excluding hydrogens is 267 g/mol. The van der Waals surface area contributed by atoms with Gasteiger partial charge in [0.1, 0.15) is 0 Å². The number of aliphatic hydroxyl groups is 1. The summed E-state index contributed by atoms with van der Waals surface area (Å²) in [6, 6.07) is 4.85. The largest absolute Gasteiger partial charge is 0.416 e. The van der Waals surface area contributed by atoms with Crippen LogP contribution in [0, 0.1) is 0 Å². The maximum absolute atomic E-state index is 12.6. The lowest BCUT2D eigenvalue weighted by molar-refractivity contribution is -0.137. The second-order valence-corrected chi connectivity index (χ2v) is 5.73. The number of aliphatic hydroxyl groups excluding tert-OH is 1. The third-order valence-corrected chi connectivity index (χ3v) is 4.42. The Morgan fingerprint density at radius 1 is 1.10 bits per heavy atom. The summed E-state index contributed by atoms with van der Waals surface area (Å²) in [5, 5.41) is 10.6. The number of rotatable bonds is 3. The molecule has 20 heavy (non-hydrogen) atoms. The van der Waals surface area contributed by atoms with Crippen LogP contribution in [-0.4, -0.2) is 29.6 Å². The molecule has 0 spiro atoms. The normalized spacial score (nSPS) is 20.4. The van der Waals surface area contributed by atoms with E-state index in [1.54, 1.807) is 0 Å². The summed E-state index contributed by atoms with van der Waals surface area (Å²) in [5.41, 5.74) is -0.493. The van der Waals surface area contributed by atoms with Crippen molar-refractivity contribution < 1.29 is 18.3 Å². The first-order valence-corrected chi connectivity index (χ1v) is 6.80. The Morgan fingerprint density at radius 2 is 1.60 bits per heavy atom. The summed E-state index contributed by atoms with van der Waals surface area (Å²) in [6.45, 7) is 0. The van der Waals surface area contributed by atoms with Crippen molar-refractivity contribution in [2.45, 2.75) is 43.5 Å². The lowest BCUT2D eigenvalue weighted by atomic mass is 9.84. The molecule has 0 heterocycles. The van der Waals surface area contributed by atoms with Crippen LogP contribution in [0.2, 0.25) is 0 Å². The third kappa shape index (κ3) is 2.69. The monoisotopic (exact) mass is 287 g/mol. The van der Waals surface area contributed by atoms with Gasteiger partial charge in [0.25, 0.3) is 0 Å². The highest BCUT2D eigenvalue weighted by Crippen LogP contribution is 2.43. The first kappa shape index (κ1) is 15.3. The van der Waals surface area contributed by atoms with Gasteiger partial charge in [-0.3, -0.25) is 0 Å². The van der Waals surface area contributed by atoms with Gasteiger partial charge < -0.3 is 10.0 Å². The fraction of sp³-hybridized carbons (Fsp3) is 0.600. The molecule has 1 aliphatic rings. The van der Waals surface area contributed by atoms with Crippen LogP contribution in [0.25, 0.3) is 0 Å². The molecule has 1 fully saturated rings. The van der Waals surface area contributed by atoms with Crippen LogP contribution in [0.15, 0.2) is 24.3 Å². The van der Waals surface area contributed by atoms with Gasteiger partial charge in [-0.25, -0.2) is 0 Å². The van der Waals surface area contributed by atoms with Crippen molar-refractivity contribution in [1.82, 2.24) is 4.90 Å². The molecule has 1 unspecified atom stereocenters. The molecule has 0 aliphatic heterocycles. The van der Waals surface area contributed by atoms with Crippen molar-refractivity contribution >= 4 is 0 Å². The van der Waals surface area contributed by atoms with Crippen molar-refractivity contribution in [2.75, 3.05) is 14.1 Å². The molecule has 0 amide bonds. The summed E-state index contributed by atoms with van der Waals surface area (Å²) in [7, 11) is 3.83. The second-order valence-electron chi connectivity index (χ2n) is 5.73. The van der Waals surface area contributed by atoms with E-state index in [4.69, 9.17) is 0 Å². The smallest absolute Gasteiger partial charge is 0.386 e. The number of likely N-dealkylation sites (N-methyl/N-ethyl adjacent to an activating group) is 1. The molecule has 0 saturated heterocycles. The van der Waals surface area contributed by atoms with Crippen molar-refractivity contribution in [3.8, 4) is 0 Å². The molecule has 2 nitrogen and oxygen atoms in total. The Labute approximate surface area is 117 Å². The van der Waals surface area contributed by atoms with E-state index in [2.05, 4.69) is 0 Å². The second kappa shape index (κ2) is 5.37. The molecule has 0 aromatic heterocycles. The average molecular weight is 287 g/mol. The Bertz CT molecular complexity index is 447. The van der Waals surface area contributed by atoms with Gasteiger partial charge in [-0.15, -0.1) is 0 Å². The van der Waals surface area contributed by atoms with Gasteiger partial charge in [0.05, 0.1) is 17.2 Å². The molecule has 0 bridgehead atoms. The zero-order chi connectivity index (χ0) is 15.0. The minimum Gasteiger partial charge on any atom is -0.386 e.